The molecule has 0 bridgehead atoms. The number of fused-ring (bicyclic) bond motifs is 1. The lowest BCUT2D eigenvalue weighted by Crippen LogP contribution is -2.08. The molecule has 0 unspecified atom stereocenters. The van der Waals surface area contributed by atoms with Gasteiger partial charge in [-0.1, -0.05) is 23.4 Å². The number of thioether (sulfide) groups is 1. The Kier molecular flexibility index (Phi) is 6.60. The first kappa shape index (κ1) is 21.4. The second kappa shape index (κ2) is 9.55. The third kappa shape index (κ3) is 4.76. The molecule has 0 radical (unpaired) electrons. The van der Waals surface area contributed by atoms with Crippen LogP contribution < -0.4 is 10.4 Å². The van der Waals surface area contributed by atoms with E-state index in [4.69, 9.17) is 25.5 Å². The Hall–Kier alpha value is -2.81. The highest BCUT2D eigenvalue weighted by molar-refractivity contribution is 7.98. The van der Waals surface area contributed by atoms with Crippen molar-refractivity contribution in [2.45, 2.75) is 17.5 Å². The highest BCUT2D eigenvalue weighted by Gasteiger charge is 2.16. The average Bonchev–Trinajstić information content (AvgIpc) is 3.18. The lowest BCUT2D eigenvalue weighted by atomic mass is 10.1. The zero-order valence-corrected chi connectivity index (χ0v) is 18.6. The van der Waals surface area contributed by atoms with Crippen molar-refractivity contribution in [3.05, 3.63) is 69.5 Å². The van der Waals surface area contributed by atoms with Crippen LogP contribution in [0.15, 0.2) is 62.9 Å². The molecule has 0 aliphatic carbocycles. The quantitative estimate of drug-likeness (QED) is 0.281. The van der Waals surface area contributed by atoms with E-state index in [2.05, 4.69) is 10.2 Å². The van der Waals surface area contributed by atoms with Gasteiger partial charge in [0.2, 0.25) is 0 Å². The van der Waals surface area contributed by atoms with Gasteiger partial charge < -0.3 is 13.9 Å². The highest BCUT2D eigenvalue weighted by Crippen LogP contribution is 2.30. The van der Waals surface area contributed by atoms with Crippen LogP contribution in [0.3, 0.4) is 0 Å². The molecular weight excluding hydrogens is 438 g/mol. The van der Waals surface area contributed by atoms with Gasteiger partial charge in [0, 0.05) is 41.0 Å². The van der Waals surface area contributed by atoms with Gasteiger partial charge in [-0.25, -0.2) is 4.79 Å². The fraction of sp³-hybridized carbons (Fsp3) is 0.227. The zero-order valence-electron chi connectivity index (χ0n) is 17.0. The van der Waals surface area contributed by atoms with E-state index in [9.17, 15) is 4.79 Å². The minimum absolute atomic E-state index is 0.404. The van der Waals surface area contributed by atoms with E-state index in [0.717, 1.165) is 27.5 Å². The first-order valence-corrected chi connectivity index (χ1v) is 10.9. The van der Waals surface area contributed by atoms with Crippen LogP contribution in [0, 0.1) is 0 Å². The van der Waals surface area contributed by atoms with Crippen molar-refractivity contribution < 1.29 is 13.9 Å². The lowest BCUT2D eigenvalue weighted by molar-refractivity contribution is 0.185. The van der Waals surface area contributed by atoms with Gasteiger partial charge in [0.05, 0.1) is 20.3 Å². The minimum atomic E-state index is -0.404. The number of hydrogen-bond acceptors (Lipinski definition) is 7. The molecule has 7 nitrogen and oxygen atoms in total. The van der Waals surface area contributed by atoms with Crippen LogP contribution in [0.1, 0.15) is 5.56 Å². The topological polar surface area (TPSA) is 79.4 Å². The predicted molar refractivity (Wildman–Crippen MR) is 121 cm³/mol. The molecule has 4 rings (SSSR count). The maximum Gasteiger partial charge on any atom is 0.336 e. The summed E-state index contributed by atoms with van der Waals surface area (Å²) in [5, 5.41) is 11.0. The van der Waals surface area contributed by atoms with Crippen molar-refractivity contribution in [1.82, 2.24) is 14.8 Å². The summed E-state index contributed by atoms with van der Waals surface area (Å²) in [5.41, 5.74) is 1.86. The fourth-order valence-corrected chi connectivity index (χ4v) is 4.27. The first-order chi connectivity index (χ1) is 15.1. The number of halogens is 1. The zero-order chi connectivity index (χ0) is 21.8. The van der Waals surface area contributed by atoms with Crippen molar-refractivity contribution in [2.24, 2.45) is 0 Å². The Morgan fingerprint density at radius 1 is 1.10 bits per heavy atom. The molecule has 0 aliphatic rings. The van der Waals surface area contributed by atoms with Gasteiger partial charge in [-0.05, 0) is 42.0 Å². The van der Waals surface area contributed by atoms with Gasteiger partial charge in [0.1, 0.15) is 11.3 Å². The van der Waals surface area contributed by atoms with Crippen molar-refractivity contribution in [1.29, 1.82) is 0 Å². The molecule has 2 aromatic carbocycles. The van der Waals surface area contributed by atoms with Crippen LogP contribution in [-0.4, -0.2) is 35.6 Å². The predicted octanol–water partition coefficient (Wildman–Crippen LogP) is 4.65. The molecule has 0 amide bonds. The minimum Gasteiger partial charge on any atom is -0.497 e. The maximum atomic E-state index is 12.1. The van der Waals surface area contributed by atoms with Crippen LogP contribution in [-0.2, 0) is 17.0 Å². The number of benzene rings is 2. The van der Waals surface area contributed by atoms with Gasteiger partial charge in [0.25, 0.3) is 0 Å². The molecule has 0 saturated carbocycles. The Labute approximate surface area is 187 Å². The normalized spacial score (nSPS) is 11.2. The molecule has 0 atom stereocenters. The van der Waals surface area contributed by atoms with Gasteiger partial charge in [-0.3, -0.25) is 4.57 Å². The Morgan fingerprint density at radius 3 is 2.65 bits per heavy atom. The van der Waals surface area contributed by atoms with Crippen molar-refractivity contribution in [3.63, 3.8) is 0 Å². The summed E-state index contributed by atoms with van der Waals surface area (Å²) in [5.74, 6) is 1.89. The summed E-state index contributed by atoms with van der Waals surface area (Å²) in [6.07, 6.45) is 0. The lowest BCUT2D eigenvalue weighted by Gasteiger charge is -2.10. The second-order valence-corrected chi connectivity index (χ2v) is 8.08. The molecular formula is C22H20ClN3O4S. The largest absolute Gasteiger partial charge is 0.497 e. The molecule has 4 aromatic rings. The van der Waals surface area contributed by atoms with Crippen LogP contribution in [0.25, 0.3) is 22.4 Å². The number of nitrogens with zero attached hydrogens (tertiary/aromatic N) is 3. The molecule has 2 aromatic heterocycles. The molecule has 160 valence electrons. The van der Waals surface area contributed by atoms with Gasteiger partial charge in [-0.2, -0.15) is 0 Å². The molecule has 0 spiro atoms. The van der Waals surface area contributed by atoms with E-state index in [1.165, 1.54) is 17.8 Å². The van der Waals surface area contributed by atoms with Gasteiger partial charge in [0.15, 0.2) is 11.0 Å². The smallest absolute Gasteiger partial charge is 0.336 e. The molecule has 0 saturated heterocycles. The molecule has 31 heavy (non-hydrogen) atoms. The first-order valence-electron chi connectivity index (χ1n) is 9.50. The standard InChI is InChI=1S/C22H20ClN3O4S/c1-28-10-9-26-21(14-3-5-16(23)6-4-14)24-25-22(26)31-13-15-11-20(27)30-19-12-17(29-2)7-8-18(15)19/h3-8,11-12H,9-10,13H2,1-2H3. The number of hydrogen-bond donors (Lipinski definition) is 0. The summed E-state index contributed by atoms with van der Waals surface area (Å²) in [7, 11) is 3.23. The molecule has 0 fully saturated rings. The summed E-state index contributed by atoms with van der Waals surface area (Å²) in [4.78, 5) is 12.1. The maximum absolute atomic E-state index is 12.1. The molecule has 9 heteroatoms. The number of methoxy groups -OCH3 is 2. The third-order valence-corrected chi connectivity index (χ3v) is 6.00. The van der Waals surface area contributed by atoms with Crippen LogP contribution in [0.4, 0.5) is 0 Å². The van der Waals surface area contributed by atoms with E-state index in [1.54, 1.807) is 20.3 Å². The van der Waals surface area contributed by atoms with Crippen molar-refractivity contribution in [2.75, 3.05) is 20.8 Å². The third-order valence-electron chi connectivity index (χ3n) is 4.73. The SMILES string of the molecule is COCCn1c(SCc2cc(=O)oc3cc(OC)ccc23)nnc1-c1ccc(Cl)cc1. The highest BCUT2D eigenvalue weighted by atomic mass is 35.5. The Morgan fingerprint density at radius 2 is 1.90 bits per heavy atom. The van der Waals surface area contributed by atoms with Gasteiger partial charge >= 0.3 is 5.63 Å². The van der Waals surface area contributed by atoms with Crippen molar-refractivity contribution in [3.8, 4) is 17.1 Å². The molecule has 0 aliphatic heterocycles. The van der Waals surface area contributed by atoms with Gasteiger partial charge in [-0.15, -0.1) is 10.2 Å². The summed E-state index contributed by atoms with van der Waals surface area (Å²) >= 11 is 7.52. The van der Waals surface area contributed by atoms with E-state index in [0.29, 0.717) is 35.3 Å². The summed E-state index contributed by atoms with van der Waals surface area (Å²) < 4.78 is 17.8. The van der Waals surface area contributed by atoms with E-state index >= 15 is 0 Å². The van der Waals surface area contributed by atoms with Crippen LogP contribution in [0.5, 0.6) is 5.75 Å². The molecule has 2 heterocycles. The Bertz CT molecular complexity index is 1250. The van der Waals surface area contributed by atoms with Crippen LogP contribution >= 0.6 is 23.4 Å². The van der Waals surface area contributed by atoms with E-state index in [-0.39, 0.29) is 0 Å². The van der Waals surface area contributed by atoms with E-state index in [1.807, 2.05) is 41.0 Å². The number of ether oxygens (including phenoxy) is 2. The molecule has 0 N–H and O–H groups in total. The number of aromatic nitrogens is 3. The monoisotopic (exact) mass is 457 g/mol. The van der Waals surface area contributed by atoms with E-state index < -0.39 is 5.63 Å². The fourth-order valence-electron chi connectivity index (χ4n) is 3.19. The number of rotatable bonds is 8. The summed E-state index contributed by atoms with van der Waals surface area (Å²) in [6.45, 7) is 1.11. The van der Waals surface area contributed by atoms with Crippen molar-refractivity contribution >= 4 is 34.3 Å². The Balaban J connectivity index is 1.65. The van der Waals surface area contributed by atoms with Crippen LogP contribution in [0.2, 0.25) is 5.02 Å². The average molecular weight is 458 g/mol. The second-order valence-electron chi connectivity index (χ2n) is 6.70. The summed E-state index contributed by atoms with van der Waals surface area (Å²) in [6, 6.07) is 14.4.